The Morgan fingerprint density at radius 2 is 1.86 bits per heavy atom. The molecule has 0 fully saturated rings. The summed E-state index contributed by atoms with van der Waals surface area (Å²) in [5.74, 6) is -0.243. The molecule has 1 amide bonds. The van der Waals surface area contributed by atoms with Crippen molar-refractivity contribution in [1.29, 1.82) is 0 Å². The minimum atomic E-state index is -4.38. The maximum atomic E-state index is 12.6. The number of carbonyl (C=O) groups is 1. The number of nitrogens with zero attached hydrogens (tertiary/aromatic N) is 3. The number of hydrogen-bond donors (Lipinski definition) is 0. The quantitative estimate of drug-likeness (QED) is 0.809. The van der Waals surface area contributed by atoms with Gasteiger partial charge in [0.05, 0.1) is 17.8 Å². The van der Waals surface area contributed by atoms with E-state index in [-0.39, 0.29) is 11.9 Å². The van der Waals surface area contributed by atoms with Gasteiger partial charge in [0.15, 0.2) is 0 Å². The number of amides is 1. The van der Waals surface area contributed by atoms with E-state index in [1.165, 1.54) is 17.0 Å². The summed E-state index contributed by atoms with van der Waals surface area (Å²) in [6.07, 6.45) is -2.76. The van der Waals surface area contributed by atoms with E-state index in [1.807, 2.05) is 6.92 Å². The van der Waals surface area contributed by atoms with Crippen LogP contribution in [0.15, 0.2) is 30.5 Å². The number of aryl methyl sites for hydroxylation is 1. The molecule has 0 N–H and O–H groups in total. The third kappa shape index (κ3) is 2.26. The van der Waals surface area contributed by atoms with Gasteiger partial charge in [0.1, 0.15) is 5.69 Å². The summed E-state index contributed by atoms with van der Waals surface area (Å²) in [5.41, 5.74) is 0.971. The lowest BCUT2D eigenvalue weighted by Crippen LogP contribution is -2.42. The van der Waals surface area contributed by atoms with Crippen LogP contribution in [0.2, 0.25) is 0 Å². The highest BCUT2D eigenvalue weighted by atomic mass is 19.4. The van der Waals surface area contributed by atoms with Crippen LogP contribution in [0.3, 0.4) is 0 Å². The van der Waals surface area contributed by atoms with Gasteiger partial charge in [0.2, 0.25) is 0 Å². The van der Waals surface area contributed by atoms with Crippen molar-refractivity contribution in [2.75, 3.05) is 11.4 Å². The SMILES string of the molecule is Cc1cnn2c1C(=O)N(c1ccc(C(F)(F)F)cc1)C[C@@H]2C. The maximum Gasteiger partial charge on any atom is 0.416 e. The molecule has 0 saturated carbocycles. The topological polar surface area (TPSA) is 38.1 Å². The standard InChI is InChI=1S/C15H14F3N3O/c1-9-7-19-21-10(2)8-20(14(22)13(9)21)12-5-3-11(4-6-12)15(16,17)18/h3-7,10H,8H2,1-2H3/t10-/m0/s1. The Bertz CT molecular complexity index is 719. The van der Waals surface area contributed by atoms with Crippen LogP contribution in [0, 0.1) is 6.92 Å². The molecule has 0 radical (unpaired) electrons. The van der Waals surface area contributed by atoms with Crippen molar-refractivity contribution in [2.24, 2.45) is 0 Å². The first-order valence-corrected chi connectivity index (χ1v) is 6.82. The van der Waals surface area contributed by atoms with Crippen molar-refractivity contribution in [2.45, 2.75) is 26.1 Å². The zero-order valence-corrected chi connectivity index (χ0v) is 12.1. The second-order valence-electron chi connectivity index (χ2n) is 5.43. The van der Waals surface area contributed by atoms with Gasteiger partial charge in [0, 0.05) is 17.8 Å². The number of aromatic nitrogens is 2. The summed E-state index contributed by atoms with van der Waals surface area (Å²) in [4.78, 5) is 14.1. The molecule has 22 heavy (non-hydrogen) atoms. The highest BCUT2D eigenvalue weighted by molar-refractivity contribution is 6.06. The average Bonchev–Trinajstić information content (AvgIpc) is 2.85. The van der Waals surface area contributed by atoms with Crippen molar-refractivity contribution in [3.63, 3.8) is 0 Å². The van der Waals surface area contributed by atoms with E-state index >= 15 is 0 Å². The van der Waals surface area contributed by atoms with Crippen LogP contribution in [-0.4, -0.2) is 22.2 Å². The smallest absolute Gasteiger partial charge is 0.305 e. The van der Waals surface area contributed by atoms with E-state index in [9.17, 15) is 18.0 Å². The fourth-order valence-electron chi connectivity index (χ4n) is 2.65. The lowest BCUT2D eigenvalue weighted by Gasteiger charge is -2.32. The van der Waals surface area contributed by atoms with Crippen LogP contribution in [0.5, 0.6) is 0 Å². The van der Waals surface area contributed by atoms with Crippen LogP contribution < -0.4 is 4.90 Å². The van der Waals surface area contributed by atoms with E-state index in [2.05, 4.69) is 5.10 Å². The van der Waals surface area contributed by atoms with Gasteiger partial charge >= 0.3 is 6.18 Å². The molecule has 1 aliphatic rings. The Hall–Kier alpha value is -2.31. The van der Waals surface area contributed by atoms with Gasteiger partial charge < -0.3 is 4.90 Å². The molecule has 0 bridgehead atoms. The van der Waals surface area contributed by atoms with Crippen molar-refractivity contribution >= 4 is 11.6 Å². The molecule has 116 valence electrons. The minimum Gasteiger partial charge on any atom is -0.305 e. The van der Waals surface area contributed by atoms with E-state index in [0.717, 1.165) is 17.7 Å². The molecule has 1 atom stereocenters. The van der Waals surface area contributed by atoms with Gasteiger partial charge in [0.25, 0.3) is 5.91 Å². The molecule has 2 heterocycles. The summed E-state index contributed by atoms with van der Waals surface area (Å²) >= 11 is 0. The van der Waals surface area contributed by atoms with Gasteiger partial charge in [-0.2, -0.15) is 18.3 Å². The van der Waals surface area contributed by atoms with Gasteiger partial charge in [-0.25, -0.2) is 0 Å². The molecule has 7 heteroatoms. The van der Waals surface area contributed by atoms with Crippen molar-refractivity contribution in [3.8, 4) is 0 Å². The number of rotatable bonds is 1. The molecular weight excluding hydrogens is 295 g/mol. The predicted molar refractivity (Wildman–Crippen MR) is 74.8 cm³/mol. The third-order valence-corrected chi connectivity index (χ3v) is 3.80. The lowest BCUT2D eigenvalue weighted by molar-refractivity contribution is -0.137. The number of hydrogen-bond acceptors (Lipinski definition) is 2. The number of fused-ring (bicyclic) bond motifs is 1. The van der Waals surface area contributed by atoms with Gasteiger partial charge in [-0.3, -0.25) is 9.48 Å². The first kappa shape index (κ1) is 14.6. The second-order valence-corrected chi connectivity index (χ2v) is 5.43. The fourth-order valence-corrected chi connectivity index (χ4v) is 2.65. The largest absolute Gasteiger partial charge is 0.416 e. The Morgan fingerprint density at radius 1 is 1.23 bits per heavy atom. The molecule has 0 saturated heterocycles. The molecule has 0 aliphatic carbocycles. The predicted octanol–water partition coefficient (Wildman–Crippen LogP) is 3.43. The molecule has 2 aromatic rings. The van der Waals surface area contributed by atoms with E-state index in [0.29, 0.717) is 17.9 Å². The lowest BCUT2D eigenvalue weighted by atomic mass is 10.1. The average molecular weight is 309 g/mol. The molecule has 1 aromatic carbocycles. The highest BCUT2D eigenvalue weighted by Crippen LogP contribution is 2.32. The molecule has 0 spiro atoms. The summed E-state index contributed by atoms with van der Waals surface area (Å²) in [5, 5.41) is 4.18. The number of carbonyl (C=O) groups excluding carboxylic acids is 1. The zero-order valence-electron chi connectivity index (χ0n) is 12.1. The van der Waals surface area contributed by atoms with Gasteiger partial charge in [-0.1, -0.05) is 0 Å². The van der Waals surface area contributed by atoms with E-state index in [1.54, 1.807) is 17.8 Å². The summed E-state index contributed by atoms with van der Waals surface area (Å²) in [6.45, 7) is 4.08. The molecular formula is C15H14F3N3O. The van der Waals surface area contributed by atoms with Crippen LogP contribution in [-0.2, 0) is 6.18 Å². The monoisotopic (exact) mass is 309 g/mol. The molecule has 1 aromatic heterocycles. The molecule has 0 unspecified atom stereocenters. The first-order chi connectivity index (χ1) is 10.3. The summed E-state index contributed by atoms with van der Waals surface area (Å²) < 4.78 is 39.5. The number of halogens is 3. The Labute approximate surface area is 125 Å². The third-order valence-electron chi connectivity index (χ3n) is 3.80. The molecule has 1 aliphatic heterocycles. The van der Waals surface area contributed by atoms with E-state index in [4.69, 9.17) is 0 Å². The second kappa shape index (κ2) is 4.86. The Morgan fingerprint density at radius 3 is 2.45 bits per heavy atom. The zero-order chi connectivity index (χ0) is 16.1. The number of alkyl halides is 3. The van der Waals surface area contributed by atoms with Gasteiger partial charge in [-0.05, 0) is 38.1 Å². The van der Waals surface area contributed by atoms with Crippen molar-refractivity contribution in [3.05, 3.63) is 47.3 Å². The van der Waals surface area contributed by atoms with Crippen molar-refractivity contribution in [1.82, 2.24) is 9.78 Å². The normalized spacial score (nSPS) is 18.5. The van der Waals surface area contributed by atoms with Crippen LogP contribution in [0.4, 0.5) is 18.9 Å². The Balaban J connectivity index is 1.96. The van der Waals surface area contributed by atoms with Crippen molar-refractivity contribution < 1.29 is 18.0 Å². The molecule has 3 rings (SSSR count). The highest BCUT2D eigenvalue weighted by Gasteiger charge is 2.33. The number of benzene rings is 1. The van der Waals surface area contributed by atoms with Crippen LogP contribution in [0.1, 0.15) is 34.6 Å². The van der Waals surface area contributed by atoms with Gasteiger partial charge in [-0.15, -0.1) is 0 Å². The summed E-state index contributed by atoms with van der Waals surface area (Å²) in [7, 11) is 0. The first-order valence-electron chi connectivity index (χ1n) is 6.82. The molecule has 4 nitrogen and oxygen atoms in total. The number of anilines is 1. The maximum absolute atomic E-state index is 12.6. The van der Waals surface area contributed by atoms with Crippen LogP contribution >= 0.6 is 0 Å². The minimum absolute atomic E-state index is 0.0382. The fraction of sp³-hybridized carbons (Fsp3) is 0.333. The summed E-state index contributed by atoms with van der Waals surface area (Å²) in [6, 6.07) is 4.60. The van der Waals surface area contributed by atoms with Crippen LogP contribution in [0.25, 0.3) is 0 Å². The van der Waals surface area contributed by atoms with E-state index < -0.39 is 11.7 Å². The Kier molecular flexibility index (Phi) is 3.23.